The Morgan fingerprint density at radius 3 is 2.41 bits per heavy atom. The highest BCUT2D eigenvalue weighted by molar-refractivity contribution is 5.67. The number of carbonyl (C=O) groups excluding carboxylic acids is 1. The van der Waals surface area contributed by atoms with E-state index < -0.39 is 0 Å². The van der Waals surface area contributed by atoms with Crippen LogP contribution in [-0.4, -0.2) is 68.4 Å². The van der Waals surface area contributed by atoms with E-state index in [-0.39, 0.29) is 12.1 Å². The lowest BCUT2D eigenvalue weighted by Gasteiger charge is -2.34. The third-order valence-corrected chi connectivity index (χ3v) is 5.25. The molecule has 0 bridgehead atoms. The van der Waals surface area contributed by atoms with Gasteiger partial charge in [-0.25, -0.2) is 4.79 Å². The fraction of sp³-hybridized carbons (Fsp3) is 0.864. The molecule has 5 nitrogen and oxygen atoms in total. The van der Waals surface area contributed by atoms with Crippen molar-refractivity contribution in [3.05, 3.63) is 12.7 Å². The average molecular weight is 383 g/mol. The van der Waals surface area contributed by atoms with E-state index in [0.29, 0.717) is 18.6 Å². The van der Waals surface area contributed by atoms with Gasteiger partial charge >= 0.3 is 6.09 Å². The van der Waals surface area contributed by atoms with Gasteiger partial charge < -0.3 is 19.3 Å². The molecule has 1 fully saturated rings. The van der Waals surface area contributed by atoms with E-state index in [9.17, 15) is 4.79 Å². The lowest BCUT2D eigenvalue weighted by Crippen LogP contribution is -2.41. The summed E-state index contributed by atoms with van der Waals surface area (Å²) in [7, 11) is 4.00. The summed E-state index contributed by atoms with van der Waals surface area (Å²) in [5.74, 6) is 0.375. The summed E-state index contributed by atoms with van der Waals surface area (Å²) >= 11 is 0. The van der Waals surface area contributed by atoms with Gasteiger partial charge in [-0.2, -0.15) is 0 Å². The monoisotopic (exact) mass is 382 g/mol. The van der Waals surface area contributed by atoms with Crippen LogP contribution in [-0.2, 0) is 9.47 Å². The number of likely N-dealkylation sites (N-methyl/N-ethyl adjacent to an activating group) is 1. The highest BCUT2D eigenvalue weighted by Crippen LogP contribution is 2.25. The van der Waals surface area contributed by atoms with Gasteiger partial charge in [0.2, 0.25) is 0 Å². The standard InChI is InChI=1S/C22H42N2O3/c1-6-15-23(4)16-9-7-8-10-17-26-21-13-11-20(12-14-21)24(5)22(25)27-18-19(2)3/h6,19-21H,1,7-18H2,2-5H3/t20-,21-. The first-order valence-electron chi connectivity index (χ1n) is 10.7. The second-order valence-corrected chi connectivity index (χ2v) is 8.35. The van der Waals surface area contributed by atoms with Crippen LogP contribution in [0.4, 0.5) is 4.79 Å². The zero-order valence-electron chi connectivity index (χ0n) is 18.1. The molecule has 0 aromatic heterocycles. The molecule has 1 saturated carbocycles. The maximum atomic E-state index is 12.1. The zero-order chi connectivity index (χ0) is 20.1. The molecule has 0 aromatic carbocycles. The Labute approximate surface area is 167 Å². The van der Waals surface area contributed by atoms with Crippen molar-refractivity contribution in [1.29, 1.82) is 0 Å². The Morgan fingerprint density at radius 2 is 1.78 bits per heavy atom. The first kappa shape index (κ1) is 24.0. The fourth-order valence-corrected chi connectivity index (χ4v) is 3.49. The van der Waals surface area contributed by atoms with Gasteiger partial charge in [-0.3, -0.25) is 0 Å². The van der Waals surface area contributed by atoms with Crippen LogP contribution in [0.2, 0.25) is 0 Å². The second kappa shape index (κ2) is 14.0. The average Bonchev–Trinajstić information content (AvgIpc) is 2.65. The molecule has 0 atom stereocenters. The van der Waals surface area contributed by atoms with Crippen molar-refractivity contribution in [3.8, 4) is 0 Å². The van der Waals surface area contributed by atoms with E-state index >= 15 is 0 Å². The maximum Gasteiger partial charge on any atom is 0.409 e. The molecular formula is C22H42N2O3. The number of hydrogen-bond donors (Lipinski definition) is 0. The second-order valence-electron chi connectivity index (χ2n) is 8.35. The fourth-order valence-electron chi connectivity index (χ4n) is 3.49. The van der Waals surface area contributed by atoms with E-state index in [1.165, 1.54) is 19.3 Å². The van der Waals surface area contributed by atoms with Gasteiger partial charge in [0.05, 0.1) is 12.7 Å². The van der Waals surface area contributed by atoms with Crippen LogP contribution < -0.4 is 0 Å². The van der Waals surface area contributed by atoms with Gasteiger partial charge in [-0.15, -0.1) is 6.58 Å². The summed E-state index contributed by atoms with van der Waals surface area (Å²) < 4.78 is 11.4. The van der Waals surface area contributed by atoms with Gasteiger partial charge in [-0.05, 0) is 58.0 Å². The van der Waals surface area contributed by atoms with Crippen molar-refractivity contribution in [3.63, 3.8) is 0 Å². The Bertz CT molecular complexity index is 406. The third-order valence-electron chi connectivity index (χ3n) is 5.25. The number of hydrogen-bond acceptors (Lipinski definition) is 4. The normalized spacial score (nSPS) is 20.1. The number of rotatable bonds is 13. The van der Waals surface area contributed by atoms with Crippen molar-refractivity contribution >= 4 is 6.09 Å². The summed E-state index contributed by atoms with van der Waals surface area (Å²) in [5.41, 5.74) is 0. The molecule has 0 N–H and O–H groups in total. The molecule has 0 saturated heterocycles. The lowest BCUT2D eigenvalue weighted by atomic mass is 9.92. The quantitative estimate of drug-likeness (QED) is 0.341. The van der Waals surface area contributed by atoms with Gasteiger partial charge in [0.1, 0.15) is 0 Å². The Kier molecular flexibility index (Phi) is 12.4. The van der Waals surface area contributed by atoms with Crippen LogP contribution >= 0.6 is 0 Å². The van der Waals surface area contributed by atoms with Gasteiger partial charge in [-0.1, -0.05) is 32.8 Å². The van der Waals surface area contributed by atoms with Gasteiger partial charge in [0.25, 0.3) is 0 Å². The van der Waals surface area contributed by atoms with Gasteiger partial charge in [0.15, 0.2) is 0 Å². The van der Waals surface area contributed by atoms with Crippen molar-refractivity contribution in [2.45, 2.75) is 77.4 Å². The van der Waals surface area contributed by atoms with Crippen molar-refractivity contribution < 1.29 is 14.3 Å². The Balaban J connectivity index is 2.05. The Hall–Kier alpha value is -1.07. The molecule has 0 aliphatic heterocycles. The molecule has 1 aliphatic rings. The first-order valence-corrected chi connectivity index (χ1v) is 10.7. The SMILES string of the molecule is C=CCN(C)CCCCCCO[C@H]1CC[C@H](N(C)C(=O)OCC(C)C)CC1. The lowest BCUT2D eigenvalue weighted by molar-refractivity contribution is 0.00679. The van der Waals surface area contributed by atoms with Crippen molar-refractivity contribution in [2.24, 2.45) is 5.92 Å². The van der Waals surface area contributed by atoms with Gasteiger partial charge in [0, 0.05) is 26.2 Å². The molecule has 0 radical (unpaired) electrons. The number of nitrogens with zero attached hydrogens (tertiary/aromatic N) is 2. The van der Waals surface area contributed by atoms with E-state index in [1.54, 1.807) is 4.90 Å². The minimum Gasteiger partial charge on any atom is -0.449 e. The molecule has 0 unspecified atom stereocenters. The van der Waals surface area contributed by atoms with E-state index in [1.807, 2.05) is 13.1 Å². The molecule has 0 aromatic rings. The van der Waals surface area contributed by atoms with E-state index in [0.717, 1.165) is 51.8 Å². The first-order chi connectivity index (χ1) is 12.9. The van der Waals surface area contributed by atoms with E-state index in [4.69, 9.17) is 9.47 Å². The summed E-state index contributed by atoms with van der Waals surface area (Å²) in [6.45, 7) is 11.3. The predicted octanol–water partition coefficient (Wildman–Crippen LogP) is 4.72. The molecule has 1 aliphatic carbocycles. The third kappa shape index (κ3) is 10.7. The number of unbranched alkanes of at least 4 members (excludes halogenated alkanes) is 3. The molecule has 5 heteroatoms. The highest BCUT2D eigenvalue weighted by atomic mass is 16.6. The minimum absolute atomic E-state index is 0.188. The minimum atomic E-state index is -0.188. The van der Waals surface area contributed by atoms with E-state index in [2.05, 4.69) is 32.4 Å². The summed E-state index contributed by atoms with van der Waals surface area (Å²) in [5, 5.41) is 0. The van der Waals surface area contributed by atoms with Crippen LogP contribution in [0.25, 0.3) is 0 Å². The number of carbonyl (C=O) groups is 1. The zero-order valence-corrected chi connectivity index (χ0v) is 18.1. The molecule has 1 rings (SSSR count). The Morgan fingerprint density at radius 1 is 1.11 bits per heavy atom. The summed E-state index contributed by atoms with van der Waals surface area (Å²) in [4.78, 5) is 16.2. The molecule has 0 heterocycles. The highest BCUT2D eigenvalue weighted by Gasteiger charge is 2.27. The molecular weight excluding hydrogens is 340 g/mol. The topological polar surface area (TPSA) is 42.0 Å². The number of ether oxygens (including phenoxy) is 2. The van der Waals surface area contributed by atoms with Crippen molar-refractivity contribution in [2.75, 3.05) is 40.4 Å². The van der Waals surface area contributed by atoms with Crippen LogP contribution in [0.3, 0.4) is 0 Å². The maximum absolute atomic E-state index is 12.1. The van der Waals surface area contributed by atoms with Crippen LogP contribution in [0.5, 0.6) is 0 Å². The van der Waals surface area contributed by atoms with Crippen LogP contribution in [0.15, 0.2) is 12.7 Å². The number of amides is 1. The predicted molar refractivity (Wildman–Crippen MR) is 112 cm³/mol. The van der Waals surface area contributed by atoms with Crippen LogP contribution in [0.1, 0.15) is 65.2 Å². The largest absolute Gasteiger partial charge is 0.449 e. The van der Waals surface area contributed by atoms with Crippen molar-refractivity contribution in [1.82, 2.24) is 9.80 Å². The van der Waals surface area contributed by atoms with Crippen LogP contribution in [0, 0.1) is 5.92 Å². The smallest absolute Gasteiger partial charge is 0.409 e. The molecule has 27 heavy (non-hydrogen) atoms. The molecule has 1 amide bonds. The molecule has 0 spiro atoms. The summed E-state index contributed by atoms with van der Waals surface area (Å²) in [6.07, 6.45) is 11.1. The summed E-state index contributed by atoms with van der Waals surface area (Å²) in [6, 6.07) is 0.289. The molecule has 158 valence electrons.